The highest BCUT2D eigenvalue weighted by Gasteiger charge is 2.24. The van der Waals surface area contributed by atoms with E-state index in [-0.39, 0.29) is 39.1 Å². The van der Waals surface area contributed by atoms with Crippen LogP contribution in [0.5, 0.6) is 0 Å². The predicted octanol–water partition coefficient (Wildman–Crippen LogP) is 1.96. The van der Waals surface area contributed by atoms with E-state index in [0.717, 1.165) is 16.0 Å². The SMILES string of the molecule is NCCN(C(=O)CC[C@H](N)C(=O)OCc1ccccc1)C(=O)OCc1ccccc1. The molecule has 0 saturated carbocycles. The van der Waals surface area contributed by atoms with Crippen LogP contribution in [0, 0.1) is 0 Å². The molecule has 0 spiro atoms. The van der Waals surface area contributed by atoms with Crippen LogP contribution in [0.2, 0.25) is 0 Å². The van der Waals surface area contributed by atoms with Gasteiger partial charge in [0.05, 0.1) is 0 Å². The molecule has 30 heavy (non-hydrogen) atoms. The van der Waals surface area contributed by atoms with Crippen LogP contribution in [-0.4, -0.2) is 42.0 Å². The van der Waals surface area contributed by atoms with Crippen molar-refractivity contribution in [1.29, 1.82) is 0 Å². The molecule has 0 radical (unpaired) electrons. The van der Waals surface area contributed by atoms with Gasteiger partial charge in [0.2, 0.25) is 5.91 Å². The molecule has 0 bridgehead atoms. The van der Waals surface area contributed by atoms with E-state index in [2.05, 4.69) is 0 Å². The number of benzene rings is 2. The summed E-state index contributed by atoms with van der Waals surface area (Å²) >= 11 is 0. The van der Waals surface area contributed by atoms with Gasteiger partial charge in [-0.2, -0.15) is 0 Å². The predicted molar refractivity (Wildman–Crippen MR) is 111 cm³/mol. The third-order valence-corrected chi connectivity index (χ3v) is 4.28. The molecular formula is C22H27N3O5. The number of nitrogens with two attached hydrogens (primary N) is 2. The van der Waals surface area contributed by atoms with E-state index < -0.39 is 24.0 Å². The van der Waals surface area contributed by atoms with Gasteiger partial charge in [-0.15, -0.1) is 0 Å². The van der Waals surface area contributed by atoms with Crippen molar-refractivity contribution in [1.82, 2.24) is 4.90 Å². The number of nitrogens with zero attached hydrogens (tertiary/aromatic N) is 1. The Kier molecular flexibility index (Phi) is 9.50. The van der Waals surface area contributed by atoms with Crippen LogP contribution in [0.1, 0.15) is 24.0 Å². The Morgan fingerprint density at radius 2 is 1.40 bits per heavy atom. The number of ether oxygens (including phenoxy) is 2. The first-order chi connectivity index (χ1) is 14.5. The highest BCUT2D eigenvalue weighted by Crippen LogP contribution is 2.08. The molecule has 0 aromatic heterocycles. The molecule has 0 unspecified atom stereocenters. The lowest BCUT2D eigenvalue weighted by Crippen LogP contribution is -2.41. The molecule has 160 valence electrons. The van der Waals surface area contributed by atoms with Gasteiger partial charge in [0, 0.05) is 19.5 Å². The lowest BCUT2D eigenvalue weighted by Gasteiger charge is -2.20. The Bertz CT molecular complexity index is 814. The van der Waals surface area contributed by atoms with E-state index in [9.17, 15) is 14.4 Å². The molecule has 1 atom stereocenters. The van der Waals surface area contributed by atoms with Crippen molar-refractivity contribution < 1.29 is 23.9 Å². The first kappa shape index (κ1) is 23.1. The summed E-state index contributed by atoms with van der Waals surface area (Å²) in [5, 5.41) is 0. The summed E-state index contributed by atoms with van der Waals surface area (Å²) in [6.45, 7) is 0.253. The Morgan fingerprint density at radius 3 is 1.93 bits per heavy atom. The Balaban J connectivity index is 1.80. The van der Waals surface area contributed by atoms with Gasteiger partial charge in [-0.25, -0.2) is 9.69 Å². The van der Waals surface area contributed by atoms with E-state index in [1.807, 2.05) is 60.7 Å². The molecule has 2 amide bonds. The van der Waals surface area contributed by atoms with Crippen molar-refractivity contribution in [2.45, 2.75) is 32.1 Å². The second kappa shape index (κ2) is 12.4. The van der Waals surface area contributed by atoms with E-state index in [4.69, 9.17) is 20.9 Å². The smallest absolute Gasteiger partial charge is 0.416 e. The Morgan fingerprint density at radius 1 is 0.867 bits per heavy atom. The minimum atomic E-state index is -0.974. The van der Waals surface area contributed by atoms with Gasteiger partial charge in [-0.3, -0.25) is 9.59 Å². The zero-order valence-corrected chi connectivity index (χ0v) is 16.7. The minimum Gasteiger partial charge on any atom is -0.460 e. The average molecular weight is 413 g/mol. The largest absolute Gasteiger partial charge is 0.460 e. The first-order valence-electron chi connectivity index (χ1n) is 9.68. The third-order valence-electron chi connectivity index (χ3n) is 4.28. The van der Waals surface area contributed by atoms with Crippen LogP contribution in [0.4, 0.5) is 4.79 Å². The van der Waals surface area contributed by atoms with Gasteiger partial charge in [-0.1, -0.05) is 60.7 Å². The van der Waals surface area contributed by atoms with Crippen molar-refractivity contribution in [2.75, 3.05) is 13.1 Å². The number of hydrogen-bond donors (Lipinski definition) is 2. The molecule has 2 aromatic rings. The zero-order chi connectivity index (χ0) is 21.8. The molecule has 0 aliphatic carbocycles. The molecule has 4 N–H and O–H groups in total. The normalized spacial score (nSPS) is 11.4. The van der Waals surface area contributed by atoms with Crippen LogP contribution < -0.4 is 11.5 Å². The molecule has 0 saturated heterocycles. The molecule has 2 rings (SSSR count). The lowest BCUT2D eigenvalue weighted by molar-refractivity contribution is -0.146. The van der Waals surface area contributed by atoms with Gasteiger partial charge < -0.3 is 20.9 Å². The van der Waals surface area contributed by atoms with Crippen LogP contribution in [0.15, 0.2) is 60.7 Å². The van der Waals surface area contributed by atoms with Crippen LogP contribution in [0.25, 0.3) is 0 Å². The van der Waals surface area contributed by atoms with Gasteiger partial charge in [0.1, 0.15) is 19.3 Å². The van der Waals surface area contributed by atoms with Gasteiger partial charge >= 0.3 is 12.1 Å². The number of esters is 1. The maximum Gasteiger partial charge on any atom is 0.416 e. The second-order valence-corrected chi connectivity index (χ2v) is 6.61. The number of rotatable bonds is 10. The van der Waals surface area contributed by atoms with Gasteiger partial charge in [0.15, 0.2) is 0 Å². The molecular weight excluding hydrogens is 386 g/mol. The topological polar surface area (TPSA) is 125 Å². The maximum absolute atomic E-state index is 12.5. The Labute approximate surface area is 175 Å². The molecule has 0 fully saturated rings. The van der Waals surface area contributed by atoms with E-state index in [0.29, 0.717) is 0 Å². The summed E-state index contributed by atoms with van der Waals surface area (Å²) in [5.74, 6) is -1.12. The monoisotopic (exact) mass is 413 g/mol. The fourth-order valence-electron chi connectivity index (χ4n) is 2.61. The van der Waals surface area contributed by atoms with Gasteiger partial charge in [-0.05, 0) is 17.5 Å². The molecule has 8 heteroatoms. The first-order valence-corrected chi connectivity index (χ1v) is 9.68. The molecule has 0 aliphatic rings. The van der Waals surface area contributed by atoms with Crippen LogP contribution in [-0.2, 0) is 32.3 Å². The number of carbonyl (C=O) groups excluding carboxylic acids is 3. The standard InChI is InChI=1S/C22H27N3O5/c23-13-14-25(22(28)30-16-18-9-5-2-6-10-18)20(26)12-11-19(24)21(27)29-15-17-7-3-1-4-8-17/h1-10,19H,11-16,23-24H2/t19-/m0/s1. The maximum atomic E-state index is 12.5. The number of carbonyl (C=O) groups is 3. The van der Waals surface area contributed by atoms with Crippen molar-refractivity contribution in [3.63, 3.8) is 0 Å². The fraction of sp³-hybridized carbons (Fsp3) is 0.318. The summed E-state index contributed by atoms with van der Waals surface area (Å²) in [6, 6.07) is 17.3. The Hall–Kier alpha value is -3.23. The third kappa shape index (κ3) is 7.65. The quantitative estimate of drug-likeness (QED) is 0.570. The van der Waals surface area contributed by atoms with Crippen molar-refractivity contribution >= 4 is 18.0 Å². The summed E-state index contributed by atoms with van der Waals surface area (Å²) in [5.41, 5.74) is 13.0. The van der Waals surface area contributed by atoms with E-state index in [1.54, 1.807) is 0 Å². The van der Waals surface area contributed by atoms with Gasteiger partial charge in [0.25, 0.3) is 0 Å². The molecule has 0 heterocycles. The van der Waals surface area contributed by atoms with Crippen molar-refractivity contribution in [3.05, 3.63) is 71.8 Å². The van der Waals surface area contributed by atoms with Crippen LogP contribution in [0.3, 0.4) is 0 Å². The molecule has 0 aliphatic heterocycles. The highest BCUT2D eigenvalue weighted by molar-refractivity contribution is 5.92. The highest BCUT2D eigenvalue weighted by atomic mass is 16.6. The minimum absolute atomic E-state index is 0.0140. The number of hydrogen-bond acceptors (Lipinski definition) is 7. The summed E-state index contributed by atoms with van der Waals surface area (Å²) in [7, 11) is 0. The molecule has 8 nitrogen and oxygen atoms in total. The number of imide groups is 1. The second-order valence-electron chi connectivity index (χ2n) is 6.61. The van der Waals surface area contributed by atoms with E-state index in [1.165, 1.54) is 0 Å². The van der Waals surface area contributed by atoms with Crippen molar-refractivity contribution in [3.8, 4) is 0 Å². The van der Waals surface area contributed by atoms with Crippen molar-refractivity contribution in [2.24, 2.45) is 11.5 Å². The van der Waals surface area contributed by atoms with E-state index >= 15 is 0 Å². The van der Waals surface area contributed by atoms with Crippen LogP contribution >= 0.6 is 0 Å². The summed E-state index contributed by atoms with van der Waals surface area (Å²) in [6.07, 6.45) is -0.851. The summed E-state index contributed by atoms with van der Waals surface area (Å²) < 4.78 is 10.4. The lowest BCUT2D eigenvalue weighted by atomic mass is 10.1. The number of amides is 2. The zero-order valence-electron chi connectivity index (χ0n) is 16.7. The molecule has 2 aromatic carbocycles. The average Bonchev–Trinajstić information content (AvgIpc) is 2.78. The fourth-order valence-corrected chi connectivity index (χ4v) is 2.61. The summed E-state index contributed by atoms with van der Waals surface area (Å²) in [4.78, 5) is 37.7.